The molecule has 4 heteroatoms. The van der Waals surface area contributed by atoms with Crippen molar-refractivity contribution in [2.75, 3.05) is 19.7 Å². The number of aliphatic hydroxyl groups is 1. The van der Waals surface area contributed by atoms with Crippen molar-refractivity contribution in [1.29, 1.82) is 0 Å². The van der Waals surface area contributed by atoms with E-state index in [-0.39, 0.29) is 6.10 Å². The van der Waals surface area contributed by atoms with Crippen LogP contribution in [0.3, 0.4) is 0 Å². The molecule has 2 aromatic rings. The van der Waals surface area contributed by atoms with E-state index in [9.17, 15) is 5.11 Å². The molecule has 3 atom stereocenters. The lowest BCUT2D eigenvalue weighted by Crippen LogP contribution is -2.48. The third kappa shape index (κ3) is 2.33. The van der Waals surface area contributed by atoms with E-state index >= 15 is 0 Å². The number of hydrogen-bond acceptors (Lipinski definition) is 4. The molecule has 0 bridgehead atoms. The third-order valence-corrected chi connectivity index (χ3v) is 4.77. The van der Waals surface area contributed by atoms with Crippen LogP contribution in [0.1, 0.15) is 24.5 Å². The van der Waals surface area contributed by atoms with Crippen molar-refractivity contribution >= 4 is 10.9 Å². The fourth-order valence-electron chi connectivity index (χ4n) is 3.62. The Bertz CT molecular complexity index is 640. The van der Waals surface area contributed by atoms with Gasteiger partial charge in [0.25, 0.3) is 0 Å². The summed E-state index contributed by atoms with van der Waals surface area (Å²) >= 11 is 0. The summed E-state index contributed by atoms with van der Waals surface area (Å²) in [6.07, 6.45) is 3.50. The summed E-state index contributed by atoms with van der Waals surface area (Å²) in [7, 11) is 0. The highest BCUT2D eigenvalue weighted by Crippen LogP contribution is 2.31. The molecule has 1 N–H and O–H groups in total. The van der Waals surface area contributed by atoms with E-state index in [1.165, 1.54) is 12.8 Å². The largest absolute Gasteiger partial charge is 0.386 e. The van der Waals surface area contributed by atoms with Crippen LogP contribution in [-0.2, 0) is 4.74 Å². The van der Waals surface area contributed by atoms with Gasteiger partial charge in [-0.3, -0.25) is 9.88 Å². The molecule has 3 unspecified atom stereocenters. The third-order valence-electron chi connectivity index (χ3n) is 4.77. The van der Waals surface area contributed by atoms with Gasteiger partial charge in [-0.25, -0.2) is 0 Å². The van der Waals surface area contributed by atoms with E-state index in [1.54, 1.807) is 6.20 Å². The van der Waals surface area contributed by atoms with Gasteiger partial charge in [0.1, 0.15) is 12.2 Å². The summed E-state index contributed by atoms with van der Waals surface area (Å²) in [5, 5.41) is 11.8. The molecule has 1 aromatic carbocycles. The second kappa shape index (κ2) is 5.37. The zero-order chi connectivity index (χ0) is 14.2. The highest BCUT2D eigenvalue weighted by molar-refractivity contribution is 5.82. The Morgan fingerprint density at radius 3 is 3.19 bits per heavy atom. The molecule has 4 rings (SSSR count). The molecule has 2 aliphatic heterocycles. The van der Waals surface area contributed by atoms with Crippen LogP contribution in [0.4, 0.5) is 0 Å². The summed E-state index contributed by atoms with van der Waals surface area (Å²) in [6.45, 7) is 2.70. The summed E-state index contributed by atoms with van der Waals surface area (Å²) in [5.41, 5.74) is 1.84. The summed E-state index contributed by atoms with van der Waals surface area (Å²) < 4.78 is 5.94. The highest BCUT2D eigenvalue weighted by atomic mass is 16.5. The number of hydrogen-bond donors (Lipinski definition) is 1. The maximum absolute atomic E-state index is 10.8. The van der Waals surface area contributed by atoms with Crippen molar-refractivity contribution in [1.82, 2.24) is 9.88 Å². The van der Waals surface area contributed by atoms with Crippen molar-refractivity contribution < 1.29 is 9.84 Å². The lowest BCUT2D eigenvalue weighted by molar-refractivity contribution is -0.103. The number of ether oxygens (including phenoxy) is 1. The topological polar surface area (TPSA) is 45.6 Å². The predicted molar refractivity (Wildman–Crippen MR) is 81.0 cm³/mol. The lowest BCUT2D eigenvalue weighted by Gasteiger charge is -2.37. The van der Waals surface area contributed by atoms with E-state index in [0.29, 0.717) is 6.04 Å². The molecule has 2 fully saturated rings. The van der Waals surface area contributed by atoms with Crippen LogP contribution in [0.5, 0.6) is 0 Å². The number of rotatable bonds is 2. The van der Waals surface area contributed by atoms with Crippen LogP contribution >= 0.6 is 0 Å². The maximum atomic E-state index is 10.8. The van der Waals surface area contributed by atoms with Crippen LogP contribution in [-0.4, -0.2) is 46.8 Å². The first-order valence-corrected chi connectivity index (χ1v) is 7.70. The van der Waals surface area contributed by atoms with Gasteiger partial charge in [0.2, 0.25) is 0 Å². The molecule has 110 valence electrons. The second-order valence-electron chi connectivity index (χ2n) is 6.02. The molecule has 4 nitrogen and oxygen atoms in total. The first kappa shape index (κ1) is 13.2. The maximum Gasteiger partial charge on any atom is 0.107 e. The molecular weight excluding hydrogens is 264 g/mol. The minimum absolute atomic E-state index is 0.148. The Morgan fingerprint density at radius 2 is 2.24 bits per heavy atom. The fourth-order valence-corrected chi connectivity index (χ4v) is 3.62. The Hall–Kier alpha value is -1.49. The van der Waals surface area contributed by atoms with Gasteiger partial charge in [-0.15, -0.1) is 0 Å². The Labute approximate surface area is 124 Å². The molecule has 21 heavy (non-hydrogen) atoms. The minimum atomic E-state index is -0.598. The number of morpholine rings is 1. The van der Waals surface area contributed by atoms with Gasteiger partial charge in [0.15, 0.2) is 0 Å². The lowest BCUT2D eigenvalue weighted by atomic mass is 9.98. The molecule has 1 aromatic heterocycles. The van der Waals surface area contributed by atoms with Gasteiger partial charge in [0.05, 0.1) is 12.1 Å². The number of aromatic nitrogens is 1. The molecule has 2 saturated heterocycles. The average Bonchev–Trinajstić information content (AvgIpc) is 3.01. The molecule has 3 heterocycles. The standard InChI is InChI=1S/C17H20N2O2/c20-17(16-10-19-9-3-4-12(19)11-21-16)14-5-1-7-15-13(14)6-2-8-18-15/h1-2,5-8,12,16-17,20H,3-4,9-11H2. The van der Waals surface area contributed by atoms with E-state index < -0.39 is 6.10 Å². The van der Waals surface area contributed by atoms with E-state index in [0.717, 1.165) is 36.2 Å². The average molecular weight is 284 g/mol. The summed E-state index contributed by atoms with van der Waals surface area (Å²) in [4.78, 5) is 6.82. The van der Waals surface area contributed by atoms with Crippen molar-refractivity contribution in [3.05, 3.63) is 42.1 Å². The monoisotopic (exact) mass is 284 g/mol. The Kier molecular flexibility index (Phi) is 3.37. The Morgan fingerprint density at radius 1 is 1.29 bits per heavy atom. The number of benzene rings is 1. The fraction of sp³-hybridized carbons (Fsp3) is 0.471. The van der Waals surface area contributed by atoms with Crippen molar-refractivity contribution in [2.45, 2.75) is 31.1 Å². The first-order chi connectivity index (χ1) is 10.3. The number of pyridine rings is 1. The quantitative estimate of drug-likeness (QED) is 0.917. The van der Waals surface area contributed by atoms with Crippen molar-refractivity contribution in [2.24, 2.45) is 0 Å². The van der Waals surface area contributed by atoms with Crippen LogP contribution in [0, 0.1) is 0 Å². The van der Waals surface area contributed by atoms with E-state index in [2.05, 4.69) is 9.88 Å². The van der Waals surface area contributed by atoms with Crippen LogP contribution in [0.15, 0.2) is 36.5 Å². The summed E-state index contributed by atoms with van der Waals surface area (Å²) in [6, 6.07) is 10.4. The SMILES string of the molecule is OC(c1cccc2ncccc12)C1CN2CCCC2CO1. The Balaban J connectivity index is 1.62. The molecular formula is C17H20N2O2. The molecule has 0 amide bonds. The van der Waals surface area contributed by atoms with Gasteiger partial charge >= 0.3 is 0 Å². The second-order valence-corrected chi connectivity index (χ2v) is 6.02. The van der Waals surface area contributed by atoms with Gasteiger partial charge < -0.3 is 9.84 Å². The predicted octanol–water partition coefficient (Wildman–Crippen LogP) is 2.13. The zero-order valence-electron chi connectivity index (χ0n) is 12.0. The van der Waals surface area contributed by atoms with E-state index in [1.807, 2.05) is 30.3 Å². The number of aliphatic hydroxyl groups excluding tert-OH is 1. The molecule has 2 aliphatic rings. The van der Waals surface area contributed by atoms with Crippen LogP contribution in [0.2, 0.25) is 0 Å². The zero-order valence-corrected chi connectivity index (χ0v) is 12.0. The van der Waals surface area contributed by atoms with Gasteiger partial charge in [-0.1, -0.05) is 18.2 Å². The van der Waals surface area contributed by atoms with E-state index in [4.69, 9.17) is 4.74 Å². The van der Waals surface area contributed by atoms with Crippen molar-refractivity contribution in [3.8, 4) is 0 Å². The minimum Gasteiger partial charge on any atom is -0.386 e. The molecule has 0 spiro atoms. The van der Waals surface area contributed by atoms with Gasteiger partial charge in [-0.2, -0.15) is 0 Å². The smallest absolute Gasteiger partial charge is 0.107 e. The molecule has 0 aliphatic carbocycles. The van der Waals surface area contributed by atoms with Gasteiger partial charge in [-0.05, 0) is 37.1 Å². The van der Waals surface area contributed by atoms with Crippen molar-refractivity contribution in [3.63, 3.8) is 0 Å². The van der Waals surface area contributed by atoms with Crippen LogP contribution < -0.4 is 0 Å². The molecule has 0 saturated carbocycles. The highest BCUT2D eigenvalue weighted by Gasteiger charge is 2.36. The first-order valence-electron chi connectivity index (χ1n) is 7.70. The van der Waals surface area contributed by atoms with Crippen LogP contribution in [0.25, 0.3) is 10.9 Å². The van der Waals surface area contributed by atoms with Gasteiger partial charge in [0, 0.05) is 24.2 Å². The number of fused-ring (bicyclic) bond motifs is 2. The molecule has 0 radical (unpaired) electrons. The number of nitrogens with zero attached hydrogens (tertiary/aromatic N) is 2. The summed E-state index contributed by atoms with van der Waals surface area (Å²) in [5.74, 6) is 0. The normalized spacial score (nSPS) is 27.7.